The van der Waals surface area contributed by atoms with Gasteiger partial charge in [-0.3, -0.25) is 0 Å². The van der Waals surface area contributed by atoms with Crippen molar-refractivity contribution in [3.8, 4) is 44.5 Å². The van der Waals surface area contributed by atoms with E-state index in [2.05, 4.69) is 181 Å². The molecule has 248 valence electrons. The summed E-state index contributed by atoms with van der Waals surface area (Å²) in [6.07, 6.45) is 0. The molecule has 0 bridgehead atoms. The van der Waals surface area contributed by atoms with Crippen LogP contribution in [0.1, 0.15) is 5.56 Å². The molecule has 0 aliphatic rings. The van der Waals surface area contributed by atoms with Crippen LogP contribution in [0.25, 0.3) is 107 Å². The molecule has 9 aromatic carbocycles. The quantitative estimate of drug-likeness (QED) is 0.124. The van der Waals surface area contributed by atoms with E-state index in [-0.39, 0.29) is 14.5 Å². The van der Waals surface area contributed by atoms with Crippen LogP contribution in [0.5, 0.6) is 0 Å². The van der Waals surface area contributed by atoms with Crippen LogP contribution < -0.4 is 0 Å². The Morgan fingerprint density at radius 3 is 1.38 bits per heavy atom. The van der Waals surface area contributed by atoms with Crippen LogP contribution in [0.2, 0.25) is 0 Å². The van der Waals surface area contributed by atoms with Crippen LogP contribution in [0.3, 0.4) is 0 Å². The Labute approximate surface area is 318 Å². The molecule has 0 saturated heterocycles. The van der Waals surface area contributed by atoms with Gasteiger partial charge in [0.05, 0.1) is 0 Å². The average Bonchev–Trinajstić information content (AvgIpc) is 3.81. The molecule has 0 atom stereocenters. The normalized spacial score (nSPS) is 11.9. The minimum atomic E-state index is 0.186. The summed E-state index contributed by atoms with van der Waals surface area (Å²) in [4.78, 5) is 0. The van der Waals surface area contributed by atoms with Gasteiger partial charge in [-0.05, 0) is 0 Å². The third kappa shape index (κ3) is 4.67. The number of benzene rings is 9. The zero-order valence-electron chi connectivity index (χ0n) is 29.1. The Morgan fingerprint density at radius 2 is 0.849 bits per heavy atom. The van der Waals surface area contributed by atoms with Crippen molar-refractivity contribution in [2.24, 2.45) is 0 Å². The fraction of sp³-hybridized carbons (Fsp3) is 0.0196. The van der Waals surface area contributed by atoms with Crippen molar-refractivity contribution in [3.05, 3.63) is 180 Å². The number of aryl methyl sites for hydroxylation is 1. The van der Waals surface area contributed by atoms with Crippen molar-refractivity contribution in [1.29, 1.82) is 0 Å². The van der Waals surface area contributed by atoms with Gasteiger partial charge in [-0.15, -0.1) is 0 Å². The van der Waals surface area contributed by atoms with E-state index < -0.39 is 0 Å². The molecular formula is C51H32SSe. The Bertz CT molecular complexity index is 3120. The standard InChI is InChI=1S/C51H32SSe/c1-31-29-52-30-44(31)50-40-22-11-7-18-36(40)48(37-19-8-12-23-41(37)50)33-26-27-42-46(28-33)53-45-25-13-24-43(51(42)45)49-38-20-9-5-16-34(38)47(32-14-3-2-4-15-32)35-17-6-10-21-39(35)49/h2-30H,1H3. The number of hydrogen-bond donors (Lipinski definition) is 0. The van der Waals surface area contributed by atoms with E-state index in [9.17, 15) is 0 Å². The first kappa shape index (κ1) is 30.8. The topological polar surface area (TPSA) is 0 Å². The van der Waals surface area contributed by atoms with E-state index in [1.54, 1.807) is 11.3 Å². The summed E-state index contributed by atoms with van der Waals surface area (Å²) in [6, 6.07) is 61.3. The molecule has 2 heteroatoms. The summed E-state index contributed by atoms with van der Waals surface area (Å²) < 4.78 is 2.92. The maximum absolute atomic E-state index is 2.51. The molecule has 0 N–H and O–H groups in total. The van der Waals surface area contributed by atoms with Crippen LogP contribution in [0, 0.1) is 6.92 Å². The Morgan fingerprint density at radius 1 is 0.358 bits per heavy atom. The van der Waals surface area contributed by atoms with Gasteiger partial charge in [0.25, 0.3) is 0 Å². The zero-order valence-corrected chi connectivity index (χ0v) is 31.6. The molecule has 0 amide bonds. The van der Waals surface area contributed by atoms with E-state index >= 15 is 0 Å². The van der Waals surface area contributed by atoms with Gasteiger partial charge in [0, 0.05) is 0 Å². The second-order valence-electron chi connectivity index (χ2n) is 14.0. The molecule has 11 aromatic rings. The van der Waals surface area contributed by atoms with Gasteiger partial charge in [0.15, 0.2) is 0 Å². The molecule has 0 spiro atoms. The molecule has 0 aliphatic heterocycles. The number of rotatable bonds is 4. The average molecular weight is 756 g/mol. The van der Waals surface area contributed by atoms with Gasteiger partial charge in [-0.2, -0.15) is 0 Å². The van der Waals surface area contributed by atoms with Crippen molar-refractivity contribution in [2.75, 3.05) is 0 Å². The van der Waals surface area contributed by atoms with Crippen LogP contribution in [0.4, 0.5) is 0 Å². The summed E-state index contributed by atoms with van der Waals surface area (Å²) in [5, 5.41) is 17.8. The molecule has 0 nitrogen and oxygen atoms in total. The molecule has 0 unspecified atom stereocenters. The summed E-state index contributed by atoms with van der Waals surface area (Å²) >= 11 is 1.97. The van der Waals surface area contributed by atoms with Crippen molar-refractivity contribution in [1.82, 2.24) is 0 Å². The number of fused-ring (bicyclic) bond motifs is 7. The predicted molar refractivity (Wildman–Crippen MR) is 233 cm³/mol. The Hall–Kier alpha value is -5.76. The SMILES string of the molecule is Cc1cscc1-c1c2ccccc2c(-c2ccc3c(c2)[se]c2cccc(-c4c5ccccc5c(-c5ccccc5)c5ccccc45)c23)c2ccccc12. The van der Waals surface area contributed by atoms with Crippen molar-refractivity contribution < 1.29 is 0 Å². The third-order valence-electron chi connectivity index (χ3n) is 11.1. The fourth-order valence-electron chi connectivity index (χ4n) is 8.87. The monoisotopic (exact) mass is 756 g/mol. The van der Waals surface area contributed by atoms with Crippen LogP contribution in [0.15, 0.2) is 175 Å². The molecule has 0 saturated carbocycles. The molecular weight excluding hydrogens is 724 g/mol. The van der Waals surface area contributed by atoms with E-state index in [4.69, 9.17) is 0 Å². The van der Waals surface area contributed by atoms with Crippen LogP contribution in [-0.4, -0.2) is 14.5 Å². The molecule has 0 fully saturated rings. The van der Waals surface area contributed by atoms with Crippen molar-refractivity contribution in [3.63, 3.8) is 0 Å². The van der Waals surface area contributed by atoms with E-state index in [1.165, 1.54) is 112 Å². The molecule has 53 heavy (non-hydrogen) atoms. The summed E-state index contributed by atoms with van der Waals surface area (Å²) in [5.41, 5.74) is 11.9. The Balaban J connectivity index is 1.18. The molecule has 2 heterocycles. The van der Waals surface area contributed by atoms with Gasteiger partial charge in [-0.25, -0.2) is 0 Å². The van der Waals surface area contributed by atoms with E-state index in [0.717, 1.165) is 0 Å². The summed E-state index contributed by atoms with van der Waals surface area (Å²) in [7, 11) is 0. The third-order valence-corrected chi connectivity index (χ3v) is 14.3. The van der Waals surface area contributed by atoms with Crippen LogP contribution >= 0.6 is 11.3 Å². The summed E-state index contributed by atoms with van der Waals surface area (Å²) in [6.45, 7) is 2.24. The van der Waals surface area contributed by atoms with Gasteiger partial charge in [0.2, 0.25) is 0 Å². The predicted octanol–water partition coefficient (Wildman–Crippen LogP) is 14.7. The van der Waals surface area contributed by atoms with Gasteiger partial charge >= 0.3 is 320 Å². The number of hydrogen-bond acceptors (Lipinski definition) is 1. The summed E-state index contributed by atoms with van der Waals surface area (Å²) in [5.74, 6) is 0. The zero-order chi connectivity index (χ0) is 35.0. The van der Waals surface area contributed by atoms with Gasteiger partial charge in [-0.1, -0.05) is 0 Å². The fourth-order valence-corrected chi connectivity index (χ4v) is 12.2. The molecule has 11 rings (SSSR count). The van der Waals surface area contributed by atoms with E-state index in [0.29, 0.717) is 0 Å². The van der Waals surface area contributed by atoms with Gasteiger partial charge in [0.1, 0.15) is 0 Å². The molecule has 2 aromatic heterocycles. The Kier molecular flexibility index (Phi) is 7.07. The minimum absolute atomic E-state index is 0.186. The second-order valence-corrected chi connectivity index (χ2v) is 17.0. The first-order valence-corrected chi connectivity index (χ1v) is 20.8. The van der Waals surface area contributed by atoms with Crippen molar-refractivity contribution >= 4 is 88.2 Å². The first-order valence-electron chi connectivity index (χ1n) is 18.2. The second kappa shape index (κ2) is 12.2. The molecule has 0 aliphatic carbocycles. The number of thiophene rings is 1. The van der Waals surface area contributed by atoms with Crippen molar-refractivity contribution in [2.45, 2.75) is 6.92 Å². The van der Waals surface area contributed by atoms with Crippen LogP contribution in [-0.2, 0) is 0 Å². The van der Waals surface area contributed by atoms with E-state index in [1.807, 2.05) is 0 Å². The first-order chi connectivity index (χ1) is 26.2. The van der Waals surface area contributed by atoms with Gasteiger partial charge < -0.3 is 0 Å². The molecule has 0 radical (unpaired) electrons. The maximum atomic E-state index is 2.51.